The first-order chi connectivity index (χ1) is 10.5. The van der Waals surface area contributed by atoms with Gasteiger partial charge in [0.15, 0.2) is 0 Å². The van der Waals surface area contributed by atoms with Crippen molar-refractivity contribution in [1.82, 2.24) is 14.7 Å². The van der Waals surface area contributed by atoms with Crippen molar-refractivity contribution in [1.29, 1.82) is 0 Å². The first-order valence-electron chi connectivity index (χ1n) is 7.62. The molecule has 0 amide bonds. The second-order valence-electron chi connectivity index (χ2n) is 5.57. The van der Waals surface area contributed by atoms with Gasteiger partial charge in [0.25, 0.3) is 0 Å². The van der Waals surface area contributed by atoms with E-state index in [2.05, 4.69) is 14.7 Å². The van der Waals surface area contributed by atoms with E-state index in [4.69, 9.17) is 16.3 Å². The number of halogens is 1. The molecule has 0 aromatic carbocycles. The van der Waals surface area contributed by atoms with Gasteiger partial charge in [-0.1, -0.05) is 24.9 Å². The first kappa shape index (κ1) is 17.4. The maximum absolute atomic E-state index is 11.9. The third-order valence-corrected chi connectivity index (χ3v) is 5.37. The first-order valence-corrected chi connectivity index (χ1v) is 9.65. The highest BCUT2D eigenvalue weighted by Gasteiger charge is 2.26. The summed E-state index contributed by atoms with van der Waals surface area (Å²) in [5, 5.41) is 0.470. The highest BCUT2D eigenvalue weighted by atomic mass is 35.5. The van der Waals surface area contributed by atoms with Gasteiger partial charge in [-0.05, 0) is 32.1 Å². The van der Waals surface area contributed by atoms with Crippen LogP contribution in [0.3, 0.4) is 0 Å². The zero-order chi connectivity index (χ0) is 16.0. The van der Waals surface area contributed by atoms with E-state index in [9.17, 15) is 8.42 Å². The molecule has 1 fully saturated rings. The van der Waals surface area contributed by atoms with Gasteiger partial charge in [0, 0.05) is 6.04 Å². The SMILES string of the molecule is CCCCS(=O)(=O)NC1CCC(Oc2ncc(Cl)cn2)CC1. The normalized spacial score (nSPS) is 22.5. The second kappa shape index (κ2) is 8.08. The maximum Gasteiger partial charge on any atom is 0.316 e. The zero-order valence-electron chi connectivity index (χ0n) is 12.7. The Bertz CT molecular complexity index is 557. The molecule has 8 heteroatoms. The van der Waals surface area contributed by atoms with Crippen molar-refractivity contribution >= 4 is 21.6 Å². The third-order valence-electron chi connectivity index (χ3n) is 3.66. The number of aromatic nitrogens is 2. The summed E-state index contributed by atoms with van der Waals surface area (Å²) in [4.78, 5) is 8.02. The Morgan fingerprint density at radius 1 is 1.27 bits per heavy atom. The fourth-order valence-electron chi connectivity index (χ4n) is 2.46. The van der Waals surface area contributed by atoms with Gasteiger partial charge in [0.1, 0.15) is 6.10 Å². The molecule has 0 atom stereocenters. The average Bonchev–Trinajstić information content (AvgIpc) is 2.49. The van der Waals surface area contributed by atoms with Crippen LogP contribution in [0.5, 0.6) is 6.01 Å². The molecule has 1 aromatic heterocycles. The van der Waals surface area contributed by atoms with Crippen molar-refractivity contribution in [3.63, 3.8) is 0 Å². The molecular formula is C14H22ClN3O3S. The number of nitrogens with zero attached hydrogens (tertiary/aromatic N) is 2. The Hall–Kier alpha value is -0.920. The summed E-state index contributed by atoms with van der Waals surface area (Å²) in [5.41, 5.74) is 0. The van der Waals surface area contributed by atoms with E-state index in [1.54, 1.807) is 0 Å². The monoisotopic (exact) mass is 347 g/mol. The summed E-state index contributed by atoms with van der Waals surface area (Å²) in [6.45, 7) is 1.98. The number of hydrogen-bond acceptors (Lipinski definition) is 5. The Morgan fingerprint density at radius 2 is 1.91 bits per heavy atom. The molecule has 2 rings (SSSR count). The predicted molar refractivity (Wildman–Crippen MR) is 85.5 cm³/mol. The van der Waals surface area contributed by atoms with Crippen molar-refractivity contribution < 1.29 is 13.2 Å². The summed E-state index contributed by atoms with van der Waals surface area (Å²) >= 11 is 5.73. The van der Waals surface area contributed by atoms with Gasteiger partial charge in [-0.15, -0.1) is 0 Å². The fourth-order valence-corrected chi connectivity index (χ4v) is 4.08. The van der Waals surface area contributed by atoms with Crippen LogP contribution in [-0.4, -0.2) is 36.3 Å². The van der Waals surface area contributed by atoms with E-state index in [1.807, 2.05) is 6.92 Å². The molecular weight excluding hydrogens is 326 g/mol. The van der Waals surface area contributed by atoms with E-state index >= 15 is 0 Å². The smallest absolute Gasteiger partial charge is 0.316 e. The largest absolute Gasteiger partial charge is 0.460 e. The fraction of sp³-hybridized carbons (Fsp3) is 0.714. The molecule has 124 valence electrons. The molecule has 0 aliphatic heterocycles. The minimum atomic E-state index is -3.15. The van der Waals surface area contributed by atoms with Crippen molar-refractivity contribution in [2.45, 2.75) is 57.6 Å². The molecule has 1 heterocycles. The quantitative estimate of drug-likeness (QED) is 0.819. The lowest BCUT2D eigenvalue weighted by atomic mass is 9.94. The highest BCUT2D eigenvalue weighted by Crippen LogP contribution is 2.23. The van der Waals surface area contributed by atoms with Gasteiger partial charge in [-0.25, -0.2) is 23.1 Å². The number of unbranched alkanes of at least 4 members (excludes halogenated alkanes) is 1. The van der Waals surface area contributed by atoms with E-state index in [-0.39, 0.29) is 17.9 Å². The van der Waals surface area contributed by atoms with Crippen LogP contribution in [0.2, 0.25) is 5.02 Å². The van der Waals surface area contributed by atoms with Crippen LogP contribution >= 0.6 is 11.6 Å². The molecule has 0 unspecified atom stereocenters. The van der Waals surface area contributed by atoms with Crippen molar-refractivity contribution in [2.24, 2.45) is 0 Å². The molecule has 22 heavy (non-hydrogen) atoms. The van der Waals surface area contributed by atoms with Crippen LogP contribution in [0.25, 0.3) is 0 Å². The van der Waals surface area contributed by atoms with E-state index in [0.29, 0.717) is 17.5 Å². The van der Waals surface area contributed by atoms with Gasteiger partial charge in [-0.2, -0.15) is 0 Å². The molecule has 1 aliphatic rings. The van der Waals surface area contributed by atoms with Gasteiger partial charge >= 0.3 is 6.01 Å². The maximum atomic E-state index is 11.9. The van der Waals surface area contributed by atoms with E-state index in [0.717, 1.165) is 32.1 Å². The minimum absolute atomic E-state index is 0.00726. The lowest BCUT2D eigenvalue weighted by Gasteiger charge is -2.28. The molecule has 1 N–H and O–H groups in total. The molecule has 1 saturated carbocycles. The topological polar surface area (TPSA) is 81.2 Å². The van der Waals surface area contributed by atoms with Crippen LogP contribution < -0.4 is 9.46 Å². The summed E-state index contributed by atoms with van der Waals surface area (Å²) in [7, 11) is -3.15. The summed E-state index contributed by atoms with van der Waals surface area (Å²) in [6.07, 6.45) is 7.70. The number of nitrogens with one attached hydrogen (secondary N) is 1. The lowest BCUT2D eigenvalue weighted by molar-refractivity contribution is 0.132. The Balaban J connectivity index is 1.77. The Morgan fingerprint density at radius 3 is 2.50 bits per heavy atom. The van der Waals surface area contributed by atoms with Gasteiger partial charge < -0.3 is 4.74 Å². The summed E-state index contributed by atoms with van der Waals surface area (Å²) in [5.74, 6) is 0.207. The second-order valence-corrected chi connectivity index (χ2v) is 7.88. The Labute approximate surface area is 136 Å². The summed E-state index contributed by atoms with van der Waals surface area (Å²) in [6, 6.07) is 0.323. The van der Waals surface area contributed by atoms with E-state index in [1.165, 1.54) is 12.4 Å². The number of sulfonamides is 1. The van der Waals surface area contributed by atoms with Crippen molar-refractivity contribution in [3.8, 4) is 6.01 Å². The standard InChI is InChI=1S/C14H22ClN3O3S/c1-2-3-8-22(19,20)18-12-4-6-13(7-5-12)21-14-16-9-11(15)10-17-14/h9-10,12-13,18H,2-8H2,1H3. The van der Waals surface area contributed by atoms with Crippen LogP contribution in [0.1, 0.15) is 45.4 Å². The minimum Gasteiger partial charge on any atom is -0.460 e. The van der Waals surface area contributed by atoms with Gasteiger partial charge in [-0.3, -0.25) is 0 Å². The molecule has 1 aromatic rings. The van der Waals surface area contributed by atoms with Gasteiger partial charge in [0.2, 0.25) is 10.0 Å². The molecule has 0 spiro atoms. The lowest BCUT2D eigenvalue weighted by Crippen LogP contribution is -2.40. The van der Waals surface area contributed by atoms with Crippen LogP contribution in [0.15, 0.2) is 12.4 Å². The van der Waals surface area contributed by atoms with Crippen LogP contribution in [-0.2, 0) is 10.0 Å². The number of hydrogen-bond donors (Lipinski definition) is 1. The highest BCUT2D eigenvalue weighted by molar-refractivity contribution is 7.89. The molecule has 1 aliphatic carbocycles. The van der Waals surface area contributed by atoms with Crippen molar-refractivity contribution in [3.05, 3.63) is 17.4 Å². The third kappa shape index (κ3) is 5.70. The summed E-state index contributed by atoms with van der Waals surface area (Å²) < 4.78 is 32.3. The molecule has 0 radical (unpaired) electrons. The molecule has 0 bridgehead atoms. The van der Waals surface area contributed by atoms with Crippen LogP contribution in [0, 0.1) is 0 Å². The molecule has 6 nitrogen and oxygen atoms in total. The van der Waals surface area contributed by atoms with Crippen LogP contribution in [0.4, 0.5) is 0 Å². The van der Waals surface area contributed by atoms with Gasteiger partial charge in [0.05, 0.1) is 23.2 Å². The van der Waals surface area contributed by atoms with E-state index < -0.39 is 10.0 Å². The van der Waals surface area contributed by atoms with Crippen molar-refractivity contribution in [2.75, 3.05) is 5.75 Å². The number of rotatable bonds is 7. The predicted octanol–water partition coefficient (Wildman–Crippen LogP) is 2.54. The average molecular weight is 348 g/mol. The molecule has 0 saturated heterocycles. The zero-order valence-corrected chi connectivity index (χ0v) is 14.2. The Kier molecular flexibility index (Phi) is 6.40. The number of ether oxygens (including phenoxy) is 1.